The van der Waals surface area contributed by atoms with Crippen LogP contribution in [0.4, 0.5) is 0 Å². The molecule has 0 amide bonds. The van der Waals surface area contributed by atoms with Crippen LogP contribution in [-0.4, -0.2) is 61.2 Å². The molecule has 0 fully saturated rings. The number of carbonyl (C=O) groups is 2. The highest BCUT2D eigenvalue weighted by molar-refractivity contribution is 6.06. The van der Waals surface area contributed by atoms with Gasteiger partial charge in [0.25, 0.3) is 0 Å². The van der Waals surface area contributed by atoms with Gasteiger partial charge in [0.2, 0.25) is 5.60 Å². The Morgan fingerprint density at radius 3 is 1.94 bits per heavy atom. The average Bonchev–Trinajstić information content (AvgIpc) is 2.23. The van der Waals surface area contributed by atoms with Gasteiger partial charge in [-0.15, -0.1) is 0 Å². The summed E-state index contributed by atoms with van der Waals surface area (Å²) in [5.74, 6) is -3.11. The molecule has 16 heavy (non-hydrogen) atoms. The lowest BCUT2D eigenvalue weighted by molar-refractivity contribution is -0.191. The van der Waals surface area contributed by atoms with E-state index in [1.165, 1.54) is 6.92 Å². The molecule has 0 saturated heterocycles. The molecule has 7 heteroatoms. The van der Waals surface area contributed by atoms with Crippen LogP contribution in [0.15, 0.2) is 0 Å². The molecule has 4 atom stereocenters. The van der Waals surface area contributed by atoms with E-state index >= 15 is 0 Å². The van der Waals surface area contributed by atoms with E-state index in [9.17, 15) is 24.9 Å². The highest BCUT2D eigenvalue weighted by Crippen LogP contribution is 2.19. The molecule has 0 heterocycles. The van der Waals surface area contributed by atoms with Crippen LogP contribution in [0.2, 0.25) is 0 Å². The summed E-state index contributed by atoms with van der Waals surface area (Å²) in [7, 11) is 0. The van der Waals surface area contributed by atoms with E-state index in [4.69, 9.17) is 10.2 Å². The van der Waals surface area contributed by atoms with Gasteiger partial charge in [-0.05, 0) is 6.92 Å². The van der Waals surface area contributed by atoms with Crippen molar-refractivity contribution in [1.29, 1.82) is 0 Å². The third-order valence-electron chi connectivity index (χ3n) is 2.32. The number of carbonyl (C=O) groups excluding carboxylic acids is 1. The zero-order valence-electron chi connectivity index (χ0n) is 8.99. The highest BCUT2D eigenvalue weighted by atomic mass is 16.4. The number of Topliss-reactive ketones (excluding diaryl/α,β-unsaturated/α-hetero) is 1. The lowest BCUT2D eigenvalue weighted by Crippen LogP contribution is -2.61. The van der Waals surface area contributed by atoms with Crippen molar-refractivity contribution in [3.05, 3.63) is 0 Å². The summed E-state index contributed by atoms with van der Waals surface area (Å²) in [5, 5.41) is 45.9. The number of aliphatic hydroxyl groups excluding tert-OH is 3. The van der Waals surface area contributed by atoms with Crippen LogP contribution in [0.1, 0.15) is 20.3 Å². The zero-order chi connectivity index (χ0) is 13.1. The first-order valence-corrected chi connectivity index (χ1v) is 4.72. The van der Waals surface area contributed by atoms with Crippen molar-refractivity contribution in [1.82, 2.24) is 0 Å². The molecule has 0 saturated carbocycles. The number of aliphatic hydroxyl groups is 4. The lowest BCUT2D eigenvalue weighted by Gasteiger charge is -2.31. The minimum Gasteiger partial charge on any atom is -0.479 e. The molecule has 5 N–H and O–H groups in total. The number of carboxylic acid groups (broad SMARTS) is 1. The summed E-state index contributed by atoms with van der Waals surface area (Å²) in [6, 6.07) is 0. The topological polar surface area (TPSA) is 135 Å². The van der Waals surface area contributed by atoms with Crippen molar-refractivity contribution >= 4 is 11.8 Å². The Kier molecular flexibility index (Phi) is 5.01. The Morgan fingerprint density at radius 1 is 1.25 bits per heavy atom. The maximum atomic E-state index is 11.3. The molecule has 0 aliphatic carbocycles. The summed E-state index contributed by atoms with van der Waals surface area (Å²) >= 11 is 0. The van der Waals surface area contributed by atoms with Gasteiger partial charge in [0, 0.05) is 6.42 Å². The van der Waals surface area contributed by atoms with Gasteiger partial charge in [0.15, 0.2) is 5.78 Å². The van der Waals surface area contributed by atoms with Crippen molar-refractivity contribution in [2.24, 2.45) is 0 Å². The lowest BCUT2D eigenvalue weighted by atomic mass is 9.85. The summed E-state index contributed by atoms with van der Waals surface area (Å²) in [6.45, 7) is 2.39. The molecule has 7 nitrogen and oxygen atoms in total. The Hall–Kier alpha value is -1.02. The summed E-state index contributed by atoms with van der Waals surface area (Å²) < 4.78 is 0. The number of ketones is 1. The van der Waals surface area contributed by atoms with E-state index < -0.39 is 35.7 Å². The molecule has 0 rings (SSSR count). The number of carboxylic acids is 1. The predicted octanol–water partition coefficient (Wildman–Crippen LogP) is -2.12. The fourth-order valence-electron chi connectivity index (χ4n) is 1.19. The third kappa shape index (κ3) is 2.56. The van der Waals surface area contributed by atoms with E-state index in [1.54, 1.807) is 0 Å². The second-order valence-electron chi connectivity index (χ2n) is 3.52. The SMILES string of the molecule is CCC(=O)[C@@](O)(C(=O)O)[C@H](O)[C@@H](O)[C@H](C)O. The second-order valence-corrected chi connectivity index (χ2v) is 3.52. The van der Waals surface area contributed by atoms with Gasteiger partial charge >= 0.3 is 5.97 Å². The van der Waals surface area contributed by atoms with Crippen molar-refractivity contribution < 1.29 is 35.1 Å². The fourth-order valence-corrected chi connectivity index (χ4v) is 1.19. The van der Waals surface area contributed by atoms with Crippen LogP contribution in [0.5, 0.6) is 0 Å². The monoisotopic (exact) mass is 236 g/mol. The quantitative estimate of drug-likeness (QED) is 0.333. The molecule has 0 bridgehead atoms. The first kappa shape index (κ1) is 15.0. The van der Waals surface area contributed by atoms with Gasteiger partial charge in [-0.1, -0.05) is 6.92 Å². The summed E-state index contributed by atoms with van der Waals surface area (Å²) in [6.07, 6.45) is -6.04. The summed E-state index contributed by atoms with van der Waals surface area (Å²) in [5.41, 5.74) is -3.11. The van der Waals surface area contributed by atoms with Gasteiger partial charge in [0.1, 0.15) is 12.2 Å². The van der Waals surface area contributed by atoms with Crippen molar-refractivity contribution in [2.45, 2.75) is 44.2 Å². The first-order chi connectivity index (χ1) is 7.19. The summed E-state index contributed by atoms with van der Waals surface area (Å²) in [4.78, 5) is 22.0. The minimum atomic E-state index is -3.11. The molecule has 0 aromatic heterocycles. The molecule has 0 aromatic rings. The van der Waals surface area contributed by atoms with Gasteiger partial charge < -0.3 is 25.5 Å². The zero-order valence-corrected chi connectivity index (χ0v) is 8.99. The van der Waals surface area contributed by atoms with Crippen LogP contribution < -0.4 is 0 Å². The van der Waals surface area contributed by atoms with Crippen LogP contribution in [0, 0.1) is 0 Å². The Bertz CT molecular complexity index is 275. The standard InChI is InChI=1S/C9H16O7/c1-3-5(11)9(16,8(14)15)7(13)6(12)4(2)10/h4,6-7,10,12-13,16H,3H2,1-2H3,(H,14,15)/t4-,6-,7+,9-/m0/s1. The molecule has 0 aliphatic rings. The molecular weight excluding hydrogens is 220 g/mol. The number of rotatable bonds is 6. The van der Waals surface area contributed by atoms with E-state index in [0.717, 1.165) is 6.92 Å². The Labute approximate surface area is 92.0 Å². The smallest absolute Gasteiger partial charge is 0.346 e. The Balaban J connectivity index is 5.21. The van der Waals surface area contributed by atoms with Crippen molar-refractivity contribution in [3.63, 3.8) is 0 Å². The van der Waals surface area contributed by atoms with E-state index in [1.807, 2.05) is 0 Å². The largest absolute Gasteiger partial charge is 0.479 e. The highest BCUT2D eigenvalue weighted by Gasteiger charge is 2.53. The van der Waals surface area contributed by atoms with Crippen molar-refractivity contribution in [2.75, 3.05) is 0 Å². The van der Waals surface area contributed by atoms with Crippen LogP contribution in [-0.2, 0) is 9.59 Å². The van der Waals surface area contributed by atoms with Gasteiger partial charge in [0.05, 0.1) is 6.10 Å². The molecule has 94 valence electrons. The van der Waals surface area contributed by atoms with E-state index in [-0.39, 0.29) is 6.42 Å². The predicted molar refractivity (Wildman–Crippen MR) is 51.6 cm³/mol. The number of hydrogen-bond donors (Lipinski definition) is 5. The fraction of sp³-hybridized carbons (Fsp3) is 0.778. The van der Waals surface area contributed by atoms with Crippen LogP contribution in [0.3, 0.4) is 0 Å². The number of hydrogen-bond acceptors (Lipinski definition) is 6. The van der Waals surface area contributed by atoms with E-state index in [2.05, 4.69) is 0 Å². The number of aliphatic carboxylic acids is 1. The molecular formula is C9H16O7. The van der Waals surface area contributed by atoms with Gasteiger partial charge in [-0.2, -0.15) is 0 Å². The van der Waals surface area contributed by atoms with E-state index in [0.29, 0.717) is 0 Å². The maximum absolute atomic E-state index is 11.3. The van der Waals surface area contributed by atoms with Crippen LogP contribution >= 0.6 is 0 Å². The molecule has 0 aliphatic heterocycles. The van der Waals surface area contributed by atoms with Crippen LogP contribution in [0.25, 0.3) is 0 Å². The Morgan fingerprint density at radius 2 is 1.69 bits per heavy atom. The average molecular weight is 236 g/mol. The second kappa shape index (κ2) is 5.35. The van der Waals surface area contributed by atoms with Crippen molar-refractivity contribution in [3.8, 4) is 0 Å². The van der Waals surface area contributed by atoms with Gasteiger partial charge in [-0.25, -0.2) is 4.79 Å². The third-order valence-corrected chi connectivity index (χ3v) is 2.32. The molecule has 0 aromatic carbocycles. The van der Waals surface area contributed by atoms with Gasteiger partial charge in [-0.3, -0.25) is 4.79 Å². The normalized spacial score (nSPS) is 20.6. The molecule has 0 radical (unpaired) electrons. The molecule has 0 spiro atoms. The maximum Gasteiger partial charge on any atom is 0.346 e. The minimum absolute atomic E-state index is 0.327. The molecule has 0 unspecified atom stereocenters. The first-order valence-electron chi connectivity index (χ1n) is 4.72.